The van der Waals surface area contributed by atoms with Crippen molar-refractivity contribution in [2.45, 2.75) is 6.54 Å². The number of hydrogen-bond acceptors (Lipinski definition) is 2. The Balaban J connectivity index is 1.87. The second-order valence-electron chi connectivity index (χ2n) is 4.17. The van der Waals surface area contributed by atoms with Gasteiger partial charge in [0.1, 0.15) is 5.75 Å². The Kier molecular flexibility index (Phi) is 4.85. The molecule has 0 atom stereocenters. The quantitative estimate of drug-likeness (QED) is 0.902. The maximum absolute atomic E-state index is 11.7. The highest BCUT2D eigenvalue weighted by Gasteiger charge is 2.02. The van der Waals surface area contributed by atoms with Gasteiger partial charge in [0, 0.05) is 17.3 Å². The van der Waals surface area contributed by atoms with Gasteiger partial charge in [0.15, 0.2) is 0 Å². The molecule has 0 fully saturated rings. The number of halogens is 1. The van der Waals surface area contributed by atoms with Crippen LogP contribution in [0.15, 0.2) is 48.5 Å². The number of rotatable bonds is 4. The van der Waals surface area contributed by atoms with E-state index in [4.69, 9.17) is 16.3 Å². The lowest BCUT2D eigenvalue weighted by molar-refractivity contribution is 0.251. The largest absolute Gasteiger partial charge is 0.497 e. The third-order valence-electron chi connectivity index (χ3n) is 2.69. The summed E-state index contributed by atoms with van der Waals surface area (Å²) in [5.41, 5.74) is 1.66. The third-order valence-corrected chi connectivity index (χ3v) is 2.94. The van der Waals surface area contributed by atoms with Gasteiger partial charge in [-0.25, -0.2) is 4.79 Å². The van der Waals surface area contributed by atoms with Crippen LogP contribution in [0.25, 0.3) is 0 Å². The van der Waals surface area contributed by atoms with Crippen molar-refractivity contribution in [1.82, 2.24) is 5.32 Å². The zero-order chi connectivity index (χ0) is 14.4. The van der Waals surface area contributed by atoms with Crippen LogP contribution >= 0.6 is 11.6 Å². The van der Waals surface area contributed by atoms with Gasteiger partial charge < -0.3 is 15.4 Å². The van der Waals surface area contributed by atoms with E-state index in [1.807, 2.05) is 24.3 Å². The minimum atomic E-state index is -0.268. The zero-order valence-corrected chi connectivity index (χ0v) is 11.8. The number of anilines is 1. The Bertz CT molecular complexity index is 585. The second-order valence-corrected chi connectivity index (χ2v) is 4.60. The number of ether oxygens (including phenoxy) is 1. The van der Waals surface area contributed by atoms with Gasteiger partial charge in [0.25, 0.3) is 0 Å². The van der Waals surface area contributed by atoms with Crippen molar-refractivity contribution in [2.24, 2.45) is 0 Å². The molecule has 0 radical (unpaired) electrons. The molecular weight excluding hydrogens is 276 g/mol. The topological polar surface area (TPSA) is 50.4 Å². The van der Waals surface area contributed by atoms with E-state index in [1.165, 1.54) is 0 Å². The van der Waals surface area contributed by atoms with Crippen LogP contribution in [0, 0.1) is 0 Å². The molecule has 104 valence electrons. The Hall–Kier alpha value is -2.20. The highest BCUT2D eigenvalue weighted by molar-refractivity contribution is 6.30. The molecule has 0 heterocycles. The monoisotopic (exact) mass is 290 g/mol. The van der Waals surface area contributed by atoms with E-state index in [-0.39, 0.29) is 6.03 Å². The first-order valence-corrected chi connectivity index (χ1v) is 6.48. The van der Waals surface area contributed by atoms with Crippen molar-refractivity contribution < 1.29 is 9.53 Å². The average molecular weight is 291 g/mol. The van der Waals surface area contributed by atoms with Gasteiger partial charge in [-0.15, -0.1) is 0 Å². The van der Waals surface area contributed by atoms with Gasteiger partial charge in [0.2, 0.25) is 0 Å². The predicted molar refractivity (Wildman–Crippen MR) is 80.3 cm³/mol. The summed E-state index contributed by atoms with van der Waals surface area (Å²) in [7, 11) is 1.61. The van der Waals surface area contributed by atoms with Crippen LogP contribution in [0.4, 0.5) is 10.5 Å². The first kappa shape index (κ1) is 14.2. The van der Waals surface area contributed by atoms with Crippen LogP contribution in [0.5, 0.6) is 5.75 Å². The fourth-order valence-corrected chi connectivity index (χ4v) is 1.80. The van der Waals surface area contributed by atoms with Gasteiger partial charge in [-0.2, -0.15) is 0 Å². The molecule has 0 aliphatic heterocycles. The smallest absolute Gasteiger partial charge is 0.319 e. The van der Waals surface area contributed by atoms with E-state index in [0.717, 1.165) is 11.3 Å². The molecule has 0 spiro atoms. The lowest BCUT2D eigenvalue weighted by atomic mass is 10.2. The molecule has 0 aliphatic carbocycles. The number of methoxy groups -OCH3 is 1. The molecule has 2 amide bonds. The zero-order valence-electron chi connectivity index (χ0n) is 11.0. The summed E-state index contributed by atoms with van der Waals surface area (Å²) in [4.78, 5) is 11.7. The third kappa shape index (κ3) is 4.17. The first-order valence-electron chi connectivity index (χ1n) is 6.11. The van der Waals surface area contributed by atoms with E-state index in [1.54, 1.807) is 31.4 Å². The summed E-state index contributed by atoms with van der Waals surface area (Å²) >= 11 is 5.78. The van der Waals surface area contributed by atoms with Crippen molar-refractivity contribution in [3.05, 3.63) is 59.1 Å². The fraction of sp³-hybridized carbons (Fsp3) is 0.133. The van der Waals surface area contributed by atoms with Crippen LogP contribution in [0.3, 0.4) is 0 Å². The van der Waals surface area contributed by atoms with E-state index in [9.17, 15) is 4.79 Å². The number of benzene rings is 2. The Morgan fingerprint density at radius 3 is 2.65 bits per heavy atom. The Morgan fingerprint density at radius 1 is 1.20 bits per heavy atom. The molecule has 0 aromatic heterocycles. The molecule has 0 saturated heterocycles. The first-order chi connectivity index (χ1) is 9.67. The van der Waals surface area contributed by atoms with Crippen LogP contribution in [0.1, 0.15) is 5.56 Å². The van der Waals surface area contributed by atoms with Crippen molar-refractivity contribution in [3.8, 4) is 5.75 Å². The standard InChI is InChI=1S/C15H15ClN2O2/c1-20-14-4-2-3-11(9-14)10-17-15(19)18-13-7-5-12(16)6-8-13/h2-9H,10H2,1H3,(H2,17,18,19). The number of carbonyl (C=O) groups is 1. The summed E-state index contributed by atoms with van der Waals surface area (Å²) in [6.45, 7) is 0.427. The van der Waals surface area contributed by atoms with Crippen LogP contribution in [-0.2, 0) is 6.54 Å². The number of carbonyl (C=O) groups excluding carboxylic acids is 1. The van der Waals surface area contributed by atoms with Gasteiger partial charge in [-0.3, -0.25) is 0 Å². The van der Waals surface area contributed by atoms with E-state index >= 15 is 0 Å². The minimum absolute atomic E-state index is 0.268. The van der Waals surface area contributed by atoms with Crippen LogP contribution in [-0.4, -0.2) is 13.1 Å². The van der Waals surface area contributed by atoms with Crippen LogP contribution < -0.4 is 15.4 Å². The fourth-order valence-electron chi connectivity index (χ4n) is 1.67. The summed E-state index contributed by atoms with van der Waals surface area (Å²) in [5, 5.41) is 6.13. The number of hydrogen-bond donors (Lipinski definition) is 2. The average Bonchev–Trinajstić information content (AvgIpc) is 2.48. The molecule has 4 nitrogen and oxygen atoms in total. The molecule has 0 aliphatic rings. The van der Waals surface area contributed by atoms with Crippen molar-refractivity contribution in [1.29, 1.82) is 0 Å². The summed E-state index contributed by atoms with van der Waals surface area (Å²) < 4.78 is 5.13. The number of amides is 2. The van der Waals surface area contributed by atoms with Crippen molar-refractivity contribution >= 4 is 23.3 Å². The molecular formula is C15H15ClN2O2. The Morgan fingerprint density at radius 2 is 1.95 bits per heavy atom. The second kappa shape index (κ2) is 6.82. The molecule has 0 unspecified atom stereocenters. The van der Waals surface area contributed by atoms with Gasteiger partial charge >= 0.3 is 6.03 Å². The highest BCUT2D eigenvalue weighted by atomic mass is 35.5. The van der Waals surface area contributed by atoms with Crippen molar-refractivity contribution in [3.63, 3.8) is 0 Å². The lowest BCUT2D eigenvalue weighted by Crippen LogP contribution is -2.28. The summed E-state index contributed by atoms with van der Waals surface area (Å²) in [6.07, 6.45) is 0. The summed E-state index contributed by atoms with van der Waals surface area (Å²) in [5.74, 6) is 0.766. The summed E-state index contributed by atoms with van der Waals surface area (Å²) in [6, 6.07) is 14.2. The molecule has 5 heteroatoms. The highest BCUT2D eigenvalue weighted by Crippen LogP contribution is 2.14. The van der Waals surface area contributed by atoms with E-state index in [0.29, 0.717) is 17.3 Å². The van der Waals surface area contributed by atoms with Crippen molar-refractivity contribution in [2.75, 3.05) is 12.4 Å². The van der Waals surface area contributed by atoms with Gasteiger partial charge in [0.05, 0.1) is 7.11 Å². The normalized spacial score (nSPS) is 9.90. The predicted octanol–water partition coefficient (Wildman–Crippen LogP) is 3.67. The Labute approximate surface area is 122 Å². The molecule has 20 heavy (non-hydrogen) atoms. The molecule has 0 saturated carbocycles. The number of urea groups is 1. The van der Waals surface area contributed by atoms with Gasteiger partial charge in [-0.1, -0.05) is 23.7 Å². The molecule has 2 N–H and O–H groups in total. The van der Waals surface area contributed by atoms with Crippen LogP contribution in [0.2, 0.25) is 5.02 Å². The minimum Gasteiger partial charge on any atom is -0.497 e. The molecule has 0 bridgehead atoms. The van der Waals surface area contributed by atoms with E-state index < -0.39 is 0 Å². The lowest BCUT2D eigenvalue weighted by Gasteiger charge is -2.08. The number of nitrogens with one attached hydrogen (secondary N) is 2. The molecule has 2 aromatic carbocycles. The van der Waals surface area contributed by atoms with E-state index in [2.05, 4.69) is 10.6 Å². The SMILES string of the molecule is COc1cccc(CNC(=O)Nc2ccc(Cl)cc2)c1. The maximum Gasteiger partial charge on any atom is 0.319 e. The molecule has 2 rings (SSSR count). The van der Waals surface area contributed by atoms with Gasteiger partial charge in [-0.05, 0) is 42.0 Å². The molecule has 2 aromatic rings. The maximum atomic E-state index is 11.7.